The Morgan fingerprint density at radius 2 is 1.68 bits per heavy atom. The minimum absolute atomic E-state index is 0.106. The summed E-state index contributed by atoms with van der Waals surface area (Å²) in [7, 11) is 0. The third kappa shape index (κ3) is 4.31. The standard InChI is InChI=1S/C23H20BrN3O3S/c1-13(2)11-19(27-21(29)16-5-3-4-6-17(16)22(27)30)20(28)26-23-25-18(12-31-23)14-7-9-15(24)10-8-14/h3-10,12-13,19H,11H2,1-2H3,(H,25,26,28)/t19-/m0/s1. The van der Waals surface area contributed by atoms with Crippen molar-refractivity contribution in [1.29, 1.82) is 0 Å². The molecule has 3 aromatic rings. The molecule has 4 rings (SSSR count). The number of carbonyl (C=O) groups excluding carboxylic acids is 3. The van der Waals surface area contributed by atoms with Gasteiger partial charge in [-0.25, -0.2) is 4.98 Å². The molecule has 0 saturated heterocycles. The molecule has 2 heterocycles. The quantitative estimate of drug-likeness (QED) is 0.473. The summed E-state index contributed by atoms with van der Waals surface area (Å²) in [5.74, 6) is -1.18. The van der Waals surface area contributed by atoms with Crippen molar-refractivity contribution in [3.05, 3.63) is 69.5 Å². The monoisotopic (exact) mass is 497 g/mol. The van der Waals surface area contributed by atoms with Gasteiger partial charge in [0.15, 0.2) is 5.13 Å². The van der Waals surface area contributed by atoms with Crippen LogP contribution in [0.4, 0.5) is 5.13 Å². The van der Waals surface area contributed by atoms with Crippen LogP contribution in [0.3, 0.4) is 0 Å². The summed E-state index contributed by atoms with van der Waals surface area (Å²) >= 11 is 4.71. The van der Waals surface area contributed by atoms with Gasteiger partial charge in [0.05, 0.1) is 16.8 Å². The van der Waals surface area contributed by atoms with E-state index in [0.717, 1.165) is 20.6 Å². The molecular weight excluding hydrogens is 478 g/mol. The third-order valence-electron chi connectivity index (χ3n) is 5.01. The summed E-state index contributed by atoms with van der Waals surface area (Å²) in [5, 5.41) is 5.09. The Bertz CT molecular complexity index is 1120. The molecule has 158 valence electrons. The van der Waals surface area contributed by atoms with Crippen LogP contribution in [0.1, 0.15) is 41.0 Å². The lowest BCUT2D eigenvalue weighted by Crippen LogP contribution is -2.47. The zero-order chi connectivity index (χ0) is 22.1. The van der Waals surface area contributed by atoms with E-state index >= 15 is 0 Å². The number of hydrogen-bond donors (Lipinski definition) is 1. The van der Waals surface area contributed by atoms with E-state index in [9.17, 15) is 14.4 Å². The van der Waals surface area contributed by atoms with E-state index in [1.165, 1.54) is 11.3 Å². The van der Waals surface area contributed by atoms with Crippen molar-refractivity contribution in [2.75, 3.05) is 5.32 Å². The molecule has 31 heavy (non-hydrogen) atoms. The van der Waals surface area contributed by atoms with Crippen molar-refractivity contribution in [3.8, 4) is 11.3 Å². The number of amides is 3. The highest BCUT2D eigenvalue weighted by atomic mass is 79.9. The summed E-state index contributed by atoms with van der Waals surface area (Å²) in [4.78, 5) is 44.6. The predicted octanol–water partition coefficient (Wildman–Crippen LogP) is 5.22. The van der Waals surface area contributed by atoms with Gasteiger partial charge in [0, 0.05) is 15.4 Å². The smallest absolute Gasteiger partial charge is 0.262 e. The van der Waals surface area contributed by atoms with E-state index in [1.54, 1.807) is 24.3 Å². The summed E-state index contributed by atoms with van der Waals surface area (Å²) in [6.45, 7) is 3.90. The van der Waals surface area contributed by atoms with Crippen LogP contribution in [0, 0.1) is 5.92 Å². The second-order valence-electron chi connectivity index (χ2n) is 7.71. The lowest BCUT2D eigenvalue weighted by Gasteiger charge is -2.26. The highest BCUT2D eigenvalue weighted by molar-refractivity contribution is 9.10. The van der Waals surface area contributed by atoms with Gasteiger partial charge in [-0.05, 0) is 36.6 Å². The van der Waals surface area contributed by atoms with Gasteiger partial charge in [-0.1, -0.05) is 54.0 Å². The van der Waals surface area contributed by atoms with E-state index in [-0.39, 0.29) is 5.92 Å². The number of hydrogen-bond acceptors (Lipinski definition) is 5. The summed E-state index contributed by atoms with van der Waals surface area (Å²) in [5.41, 5.74) is 2.34. The van der Waals surface area contributed by atoms with Crippen LogP contribution < -0.4 is 5.32 Å². The van der Waals surface area contributed by atoms with E-state index in [0.29, 0.717) is 22.7 Å². The Labute approximate surface area is 192 Å². The van der Waals surface area contributed by atoms with Crippen LogP contribution in [-0.4, -0.2) is 33.6 Å². The molecule has 0 bridgehead atoms. The summed E-state index contributed by atoms with van der Waals surface area (Å²) < 4.78 is 0.970. The number of nitrogens with one attached hydrogen (secondary N) is 1. The second kappa shape index (κ2) is 8.72. The van der Waals surface area contributed by atoms with Crippen molar-refractivity contribution >= 4 is 50.1 Å². The van der Waals surface area contributed by atoms with Crippen LogP contribution in [-0.2, 0) is 4.79 Å². The van der Waals surface area contributed by atoms with Crippen molar-refractivity contribution in [2.24, 2.45) is 5.92 Å². The molecule has 1 N–H and O–H groups in total. The lowest BCUT2D eigenvalue weighted by molar-refractivity contribution is -0.120. The fourth-order valence-corrected chi connectivity index (χ4v) is 4.53. The minimum Gasteiger partial charge on any atom is -0.300 e. The van der Waals surface area contributed by atoms with Gasteiger partial charge < -0.3 is 5.32 Å². The third-order valence-corrected chi connectivity index (χ3v) is 6.30. The van der Waals surface area contributed by atoms with Crippen molar-refractivity contribution in [1.82, 2.24) is 9.88 Å². The van der Waals surface area contributed by atoms with E-state index in [1.807, 2.05) is 43.5 Å². The fraction of sp³-hybridized carbons (Fsp3) is 0.217. The molecule has 0 saturated carbocycles. The van der Waals surface area contributed by atoms with Crippen LogP contribution in [0.2, 0.25) is 0 Å². The van der Waals surface area contributed by atoms with Crippen LogP contribution >= 0.6 is 27.3 Å². The number of nitrogens with zero attached hydrogens (tertiary/aromatic N) is 2. The van der Waals surface area contributed by atoms with Gasteiger partial charge in [0.2, 0.25) is 5.91 Å². The zero-order valence-corrected chi connectivity index (χ0v) is 19.4. The van der Waals surface area contributed by atoms with Crippen molar-refractivity contribution < 1.29 is 14.4 Å². The first-order valence-electron chi connectivity index (χ1n) is 9.84. The predicted molar refractivity (Wildman–Crippen MR) is 124 cm³/mol. The number of carbonyl (C=O) groups is 3. The number of fused-ring (bicyclic) bond motifs is 1. The molecule has 1 aromatic heterocycles. The fourth-order valence-electron chi connectivity index (χ4n) is 3.54. The maximum atomic E-state index is 13.2. The number of aromatic nitrogens is 1. The molecular formula is C23H20BrN3O3S. The first-order valence-corrected chi connectivity index (χ1v) is 11.5. The SMILES string of the molecule is CC(C)C[C@@H](C(=O)Nc1nc(-c2ccc(Br)cc2)cs1)N1C(=O)c2ccccc2C1=O. The molecule has 6 nitrogen and oxygen atoms in total. The molecule has 2 aromatic carbocycles. The molecule has 3 amide bonds. The molecule has 8 heteroatoms. The summed E-state index contributed by atoms with van der Waals surface area (Å²) in [6, 6.07) is 13.5. The molecule has 0 spiro atoms. The highest BCUT2D eigenvalue weighted by Gasteiger charge is 2.42. The maximum absolute atomic E-state index is 13.2. The average Bonchev–Trinajstić information content (AvgIpc) is 3.30. The molecule has 1 aliphatic heterocycles. The molecule has 1 aliphatic rings. The maximum Gasteiger partial charge on any atom is 0.262 e. The van der Waals surface area contributed by atoms with Crippen LogP contribution in [0.5, 0.6) is 0 Å². The molecule has 0 fully saturated rings. The normalized spacial score (nSPS) is 14.1. The minimum atomic E-state index is -0.910. The zero-order valence-electron chi connectivity index (χ0n) is 17.0. The van der Waals surface area contributed by atoms with Crippen molar-refractivity contribution in [3.63, 3.8) is 0 Å². The lowest BCUT2D eigenvalue weighted by atomic mass is 10.0. The molecule has 0 radical (unpaired) electrons. The number of halogens is 1. The van der Waals surface area contributed by atoms with Gasteiger partial charge in [-0.3, -0.25) is 19.3 Å². The molecule has 1 atom stereocenters. The number of benzene rings is 2. The van der Waals surface area contributed by atoms with Gasteiger partial charge in [0.1, 0.15) is 6.04 Å². The molecule has 0 unspecified atom stereocenters. The van der Waals surface area contributed by atoms with Crippen LogP contribution in [0.25, 0.3) is 11.3 Å². The Morgan fingerprint density at radius 1 is 1.06 bits per heavy atom. The number of imide groups is 1. The highest BCUT2D eigenvalue weighted by Crippen LogP contribution is 2.29. The van der Waals surface area contributed by atoms with Gasteiger partial charge in [-0.15, -0.1) is 11.3 Å². The Kier molecular flexibility index (Phi) is 6.02. The van der Waals surface area contributed by atoms with E-state index < -0.39 is 23.8 Å². The number of anilines is 1. The second-order valence-corrected chi connectivity index (χ2v) is 9.48. The first-order chi connectivity index (χ1) is 14.8. The summed E-state index contributed by atoms with van der Waals surface area (Å²) in [6.07, 6.45) is 0.363. The van der Waals surface area contributed by atoms with Gasteiger partial charge in [0.25, 0.3) is 11.8 Å². The number of thiazole rings is 1. The first kappa shape index (κ1) is 21.4. The molecule has 0 aliphatic carbocycles. The Morgan fingerprint density at radius 3 is 2.26 bits per heavy atom. The topological polar surface area (TPSA) is 79.4 Å². The Hall–Kier alpha value is -2.84. The average molecular weight is 498 g/mol. The van der Waals surface area contributed by atoms with Crippen LogP contribution in [0.15, 0.2) is 58.4 Å². The van der Waals surface area contributed by atoms with E-state index in [4.69, 9.17) is 0 Å². The van der Waals surface area contributed by atoms with Crippen molar-refractivity contribution in [2.45, 2.75) is 26.3 Å². The van der Waals surface area contributed by atoms with E-state index in [2.05, 4.69) is 26.2 Å². The van der Waals surface area contributed by atoms with Gasteiger partial charge in [-0.2, -0.15) is 0 Å². The Balaban J connectivity index is 1.57. The van der Waals surface area contributed by atoms with Gasteiger partial charge >= 0.3 is 0 Å². The largest absolute Gasteiger partial charge is 0.300 e. The number of rotatable bonds is 6.